The van der Waals surface area contributed by atoms with Gasteiger partial charge in [-0.15, -0.1) is 11.3 Å². The van der Waals surface area contributed by atoms with E-state index in [9.17, 15) is 4.79 Å². The van der Waals surface area contributed by atoms with Crippen molar-refractivity contribution < 1.29 is 9.47 Å². The average Bonchev–Trinajstić information content (AvgIpc) is 3.13. The molecule has 0 atom stereocenters. The molecule has 2 heterocycles. The second-order valence-corrected chi connectivity index (χ2v) is 8.01. The Labute approximate surface area is 174 Å². The van der Waals surface area contributed by atoms with Crippen molar-refractivity contribution in [2.24, 2.45) is 0 Å². The van der Waals surface area contributed by atoms with Gasteiger partial charge in [-0.25, -0.2) is 4.98 Å². The monoisotopic (exact) mass is 456 g/mol. The Balaban J connectivity index is 1.88. The maximum atomic E-state index is 12.9. The first kappa shape index (κ1) is 18.7. The summed E-state index contributed by atoms with van der Waals surface area (Å²) in [6.45, 7) is 2.03. The van der Waals surface area contributed by atoms with Crippen molar-refractivity contribution in [1.29, 1.82) is 0 Å². The Morgan fingerprint density at radius 1 is 1.04 bits per heavy atom. The van der Waals surface area contributed by atoms with E-state index in [4.69, 9.17) is 9.47 Å². The molecule has 0 saturated heterocycles. The predicted molar refractivity (Wildman–Crippen MR) is 117 cm³/mol. The zero-order valence-electron chi connectivity index (χ0n) is 15.5. The third-order valence-corrected chi connectivity index (χ3v) is 6.08. The van der Waals surface area contributed by atoms with Crippen LogP contribution in [0, 0.1) is 6.92 Å². The van der Waals surface area contributed by atoms with Crippen molar-refractivity contribution in [3.05, 3.63) is 62.2 Å². The van der Waals surface area contributed by atoms with Gasteiger partial charge in [0.15, 0.2) is 11.5 Å². The third kappa shape index (κ3) is 3.21. The molecule has 0 spiro atoms. The molecule has 0 unspecified atom stereocenters. The minimum atomic E-state index is -0.167. The lowest BCUT2D eigenvalue weighted by Gasteiger charge is -2.09. The fraction of sp³-hybridized carbons (Fsp3) is 0.143. The van der Waals surface area contributed by atoms with E-state index in [1.807, 2.05) is 30.5 Å². The van der Waals surface area contributed by atoms with Gasteiger partial charge in [0.1, 0.15) is 10.7 Å². The second kappa shape index (κ2) is 7.41. The SMILES string of the molecule is COc1ccc(-c2nc3scc(-c4cc(C)ccc4Br)c3c(=O)[nH]2)cc1OC. The molecular formula is C21H17BrN2O3S. The lowest BCUT2D eigenvalue weighted by molar-refractivity contribution is 0.355. The number of nitrogens with zero attached hydrogens (tertiary/aromatic N) is 1. The molecule has 1 N–H and O–H groups in total. The van der Waals surface area contributed by atoms with E-state index >= 15 is 0 Å². The highest BCUT2D eigenvalue weighted by Gasteiger charge is 2.16. The molecule has 4 aromatic rings. The summed E-state index contributed by atoms with van der Waals surface area (Å²) in [7, 11) is 3.16. The van der Waals surface area contributed by atoms with Crippen LogP contribution in [0.25, 0.3) is 32.7 Å². The van der Waals surface area contributed by atoms with Gasteiger partial charge in [-0.05, 0) is 36.8 Å². The molecule has 0 bridgehead atoms. The van der Waals surface area contributed by atoms with E-state index in [0.29, 0.717) is 27.5 Å². The highest BCUT2D eigenvalue weighted by atomic mass is 79.9. The largest absolute Gasteiger partial charge is 0.493 e. The summed E-state index contributed by atoms with van der Waals surface area (Å²) in [5.74, 6) is 1.70. The van der Waals surface area contributed by atoms with Gasteiger partial charge < -0.3 is 14.5 Å². The number of thiophene rings is 1. The lowest BCUT2D eigenvalue weighted by atomic mass is 10.0. The number of hydrogen-bond donors (Lipinski definition) is 1. The number of halogens is 1. The van der Waals surface area contributed by atoms with E-state index in [1.165, 1.54) is 11.3 Å². The molecule has 0 aliphatic carbocycles. The van der Waals surface area contributed by atoms with Crippen molar-refractivity contribution in [3.63, 3.8) is 0 Å². The number of rotatable bonds is 4. The highest BCUT2D eigenvalue weighted by molar-refractivity contribution is 9.10. The average molecular weight is 457 g/mol. The Kier molecular flexibility index (Phi) is 4.95. The number of methoxy groups -OCH3 is 2. The van der Waals surface area contributed by atoms with Crippen LogP contribution in [-0.2, 0) is 0 Å². The van der Waals surface area contributed by atoms with Gasteiger partial charge >= 0.3 is 0 Å². The summed E-state index contributed by atoms with van der Waals surface area (Å²) in [5, 5.41) is 2.57. The predicted octanol–water partition coefficient (Wildman–Crippen LogP) is 5.41. The van der Waals surface area contributed by atoms with Gasteiger partial charge in [0.2, 0.25) is 0 Å². The minimum Gasteiger partial charge on any atom is -0.493 e. The van der Waals surface area contributed by atoms with E-state index in [1.54, 1.807) is 26.4 Å². The number of ether oxygens (including phenoxy) is 2. The van der Waals surface area contributed by atoms with Gasteiger partial charge in [0.25, 0.3) is 5.56 Å². The number of nitrogens with one attached hydrogen (secondary N) is 1. The van der Waals surface area contributed by atoms with Crippen molar-refractivity contribution in [2.45, 2.75) is 6.92 Å². The maximum absolute atomic E-state index is 12.9. The van der Waals surface area contributed by atoms with Crippen LogP contribution in [0.15, 0.2) is 51.0 Å². The summed E-state index contributed by atoms with van der Waals surface area (Å²) in [4.78, 5) is 21.2. The van der Waals surface area contributed by atoms with Gasteiger partial charge in [-0.2, -0.15) is 0 Å². The first-order valence-electron chi connectivity index (χ1n) is 8.52. The number of hydrogen-bond acceptors (Lipinski definition) is 5. The van der Waals surface area contributed by atoms with Crippen LogP contribution < -0.4 is 15.0 Å². The number of aryl methyl sites for hydroxylation is 1. The number of aromatic amines is 1. The number of aromatic nitrogens is 2. The minimum absolute atomic E-state index is 0.167. The lowest BCUT2D eigenvalue weighted by Crippen LogP contribution is -2.09. The van der Waals surface area contributed by atoms with Crippen LogP contribution in [0.4, 0.5) is 0 Å². The smallest absolute Gasteiger partial charge is 0.260 e. The Hall–Kier alpha value is -2.64. The Bertz CT molecular complexity index is 1250. The van der Waals surface area contributed by atoms with Gasteiger partial charge in [0.05, 0.1) is 19.6 Å². The summed E-state index contributed by atoms with van der Waals surface area (Å²) in [5.41, 5.74) is 3.58. The zero-order valence-corrected chi connectivity index (χ0v) is 17.9. The molecule has 28 heavy (non-hydrogen) atoms. The van der Waals surface area contributed by atoms with Crippen LogP contribution in [0.5, 0.6) is 11.5 Å². The quantitative estimate of drug-likeness (QED) is 0.445. The van der Waals surface area contributed by atoms with Crippen LogP contribution in [-0.4, -0.2) is 24.2 Å². The van der Waals surface area contributed by atoms with Crippen LogP contribution in [0.3, 0.4) is 0 Å². The molecule has 0 aliphatic rings. The molecule has 2 aromatic heterocycles. The van der Waals surface area contributed by atoms with E-state index < -0.39 is 0 Å². The molecule has 0 amide bonds. The molecule has 0 radical (unpaired) electrons. The summed E-state index contributed by atoms with van der Waals surface area (Å²) < 4.78 is 11.6. The molecular weight excluding hydrogens is 440 g/mol. The number of H-pyrrole nitrogens is 1. The number of benzene rings is 2. The van der Waals surface area contributed by atoms with Crippen LogP contribution >= 0.6 is 27.3 Å². The summed E-state index contributed by atoms with van der Waals surface area (Å²) in [6, 6.07) is 11.5. The maximum Gasteiger partial charge on any atom is 0.260 e. The van der Waals surface area contributed by atoms with Crippen molar-refractivity contribution in [2.75, 3.05) is 14.2 Å². The molecule has 0 fully saturated rings. The molecule has 5 nitrogen and oxygen atoms in total. The van der Waals surface area contributed by atoms with Crippen LogP contribution in [0.2, 0.25) is 0 Å². The molecule has 4 rings (SSSR count). The molecule has 0 aliphatic heterocycles. The molecule has 0 saturated carbocycles. The molecule has 2 aromatic carbocycles. The van der Waals surface area contributed by atoms with E-state index in [-0.39, 0.29) is 5.56 Å². The second-order valence-electron chi connectivity index (χ2n) is 6.30. The topological polar surface area (TPSA) is 64.2 Å². The van der Waals surface area contributed by atoms with E-state index in [0.717, 1.165) is 26.7 Å². The summed E-state index contributed by atoms with van der Waals surface area (Å²) in [6.07, 6.45) is 0. The van der Waals surface area contributed by atoms with Crippen molar-refractivity contribution in [3.8, 4) is 34.0 Å². The van der Waals surface area contributed by atoms with Gasteiger partial charge in [0, 0.05) is 21.0 Å². The van der Waals surface area contributed by atoms with Crippen LogP contribution in [0.1, 0.15) is 5.56 Å². The molecule has 142 valence electrons. The van der Waals surface area contributed by atoms with Crippen molar-refractivity contribution >= 4 is 37.5 Å². The fourth-order valence-corrected chi connectivity index (χ4v) is 4.51. The Morgan fingerprint density at radius 2 is 1.82 bits per heavy atom. The first-order chi connectivity index (χ1) is 13.5. The molecule has 7 heteroatoms. The van der Waals surface area contributed by atoms with E-state index in [2.05, 4.69) is 32.0 Å². The summed E-state index contributed by atoms with van der Waals surface area (Å²) >= 11 is 5.05. The number of fused-ring (bicyclic) bond motifs is 1. The zero-order chi connectivity index (χ0) is 19.8. The fourth-order valence-electron chi connectivity index (χ4n) is 3.11. The normalized spacial score (nSPS) is 11.0. The third-order valence-electron chi connectivity index (χ3n) is 4.51. The van der Waals surface area contributed by atoms with Gasteiger partial charge in [-0.1, -0.05) is 33.6 Å². The Morgan fingerprint density at radius 3 is 2.57 bits per heavy atom. The van der Waals surface area contributed by atoms with Crippen molar-refractivity contribution in [1.82, 2.24) is 9.97 Å². The van der Waals surface area contributed by atoms with Gasteiger partial charge in [-0.3, -0.25) is 4.79 Å². The highest BCUT2D eigenvalue weighted by Crippen LogP contribution is 2.37. The first-order valence-corrected chi connectivity index (χ1v) is 10.2. The standard InChI is InChI=1S/C21H17BrN2O3S/c1-11-4-6-15(22)13(8-11)14-10-28-21-18(14)20(25)23-19(24-21)12-5-7-16(26-2)17(9-12)27-3/h4-10H,1-3H3,(H,23,24,25).